The molecule has 1 aliphatic rings. The molecular weight excluding hydrogens is 310 g/mol. The number of thioether (sulfide) groups is 2. The molecule has 0 aromatic carbocycles. The van der Waals surface area contributed by atoms with E-state index in [1.54, 1.807) is 6.07 Å². The van der Waals surface area contributed by atoms with E-state index in [1.807, 2.05) is 23.5 Å². The highest BCUT2D eigenvalue weighted by molar-refractivity contribution is 9.10. The number of hydrogen-bond donors (Lipinski definition) is 1. The van der Waals surface area contributed by atoms with E-state index in [0.29, 0.717) is 15.5 Å². The summed E-state index contributed by atoms with van der Waals surface area (Å²) in [6, 6.07) is 1.67. The van der Waals surface area contributed by atoms with Gasteiger partial charge in [0.1, 0.15) is 0 Å². The van der Waals surface area contributed by atoms with E-state index in [9.17, 15) is 4.79 Å². The lowest BCUT2D eigenvalue weighted by Crippen LogP contribution is -2.33. The third kappa shape index (κ3) is 3.21. The molecule has 1 aromatic rings. The van der Waals surface area contributed by atoms with Crippen LogP contribution in [-0.2, 0) is 0 Å². The van der Waals surface area contributed by atoms with Crippen LogP contribution in [0.15, 0.2) is 21.4 Å². The lowest BCUT2D eigenvalue weighted by atomic mass is 10.3. The lowest BCUT2D eigenvalue weighted by Gasteiger charge is -2.20. The first-order valence-corrected chi connectivity index (χ1v) is 7.97. The van der Waals surface area contributed by atoms with Gasteiger partial charge in [0.25, 0.3) is 5.91 Å². The molecule has 1 unspecified atom stereocenters. The number of hydrogen-bond acceptors (Lipinski definition) is 4. The van der Waals surface area contributed by atoms with Gasteiger partial charge in [-0.3, -0.25) is 4.79 Å². The Balaban J connectivity index is 1.81. The maximum atomic E-state index is 11.8. The molecule has 1 atom stereocenters. The predicted molar refractivity (Wildman–Crippen MR) is 72.3 cm³/mol. The molecule has 1 N–H and O–H groups in total. The largest absolute Gasteiger partial charge is 0.457 e. The second-order valence-electron chi connectivity index (χ2n) is 3.39. The second kappa shape index (κ2) is 6.02. The van der Waals surface area contributed by atoms with Gasteiger partial charge < -0.3 is 9.73 Å². The van der Waals surface area contributed by atoms with Crippen molar-refractivity contribution in [3.05, 3.63) is 22.6 Å². The van der Waals surface area contributed by atoms with Gasteiger partial charge in [0, 0.05) is 29.1 Å². The molecule has 1 aliphatic heterocycles. The summed E-state index contributed by atoms with van der Waals surface area (Å²) < 4.78 is 5.52. The molecule has 88 valence electrons. The van der Waals surface area contributed by atoms with Crippen molar-refractivity contribution in [2.75, 3.05) is 23.8 Å². The van der Waals surface area contributed by atoms with Crippen LogP contribution < -0.4 is 5.32 Å². The van der Waals surface area contributed by atoms with Crippen LogP contribution in [0.1, 0.15) is 10.4 Å². The fraction of sp³-hybridized carbons (Fsp3) is 0.500. The maximum absolute atomic E-state index is 11.8. The molecule has 0 aliphatic carbocycles. The highest BCUT2D eigenvalue weighted by Gasteiger charge is 2.17. The topological polar surface area (TPSA) is 42.2 Å². The summed E-state index contributed by atoms with van der Waals surface area (Å²) in [4.78, 5) is 11.8. The Morgan fingerprint density at radius 2 is 2.50 bits per heavy atom. The Morgan fingerprint density at radius 3 is 3.12 bits per heavy atom. The Bertz CT molecular complexity index is 363. The van der Waals surface area contributed by atoms with Crippen LogP contribution in [0, 0.1) is 0 Å². The van der Waals surface area contributed by atoms with E-state index in [2.05, 4.69) is 21.2 Å². The SMILES string of the molecule is O=C(NCC1CSCCS1)c1ccoc1Br. The fourth-order valence-electron chi connectivity index (χ4n) is 1.41. The highest BCUT2D eigenvalue weighted by Crippen LogP contribution is 2.23. The molecule has 16 heavy (non-hydrogen) atoms. The number of rotatable bonds is 3. The zero-order valence-corrected chi connectivity index (χ0v) is 11.8. The number of carbonyl (C=O) groups excluding carboxylic acids is 1. The maximum Gasteiger partial charge on any atom is 0.255 e. The van der Waals surface area contributed by atoms with Crippen molar-refractivity contribution in [1.29, 1.82) is 0 Å². The standard InChI is InChI=1S/C10H12BrNO2S2/c11-9-8(1-2-14-9)10(13)12-5-7-6-15-3-4-16-7/h1-2,7H,3-6H2,(H,12,13). The molecule has 6 heteroatoms. The fourth-order valence-corrected chi connectivity index (χ4v) is 4.44. The van der Waals surface area contributed by atoms with E-state index in [0.717, 1.165) is 12.3 Å². The molecule has 0 radical (unpaired) electrons. The monoisotopic (exact) mass is 321 g/mol. The number of halogens is 1. The van der Waals surface area contributed by atoms with Gasteiger partial charge in [-0.2, -0.15) is 23.5 Å². The Labute approximate surface area is 111 Å². The zero-order valence-electron chi connectivity index (χ0n) is 8.57. The Kier molecular flexibility index (Phi) is 4.66. The van der Waals surface area contributed by atoms with Crippen LogP contribution in [0.4, 0.5) is 0 Å². The van der Waals surface area contributed by atoms with E-state index < -0.39 is 0 Å². The van der Waals surface area contributed by atoms with Gasteiger partial charge >= 0.3 is 0 Å². The molecule has 2 rings (SSSR count). The second-order valence-corrected chi connectivity index (χ2v) is 6.66. The minimum Gasteiger partial charge on any atom is -0.457 e. The normalized spacial score (nSPS) is 20.7. The lowest BCUT2D eigenvalue weighted by molar-refractivity contribution is 0.0952. The first-order valence-electron chi connectivity index (χ1n) is 4.98. The van der Waals surface area contributed by atoms with E-state index >= 15 is 0 Å². The third-order valence-electron chi connectivity index (χ3n) is 2.24. The van der Waals surface area contributed by atoms with Crippen LogP contribution in [0.25, 0.3) is 0 Å². The highest BCUT2D eigenvalue weighted by atomic mass is 79.9. The van der Waals surface area contributed by atoms with Crippen LogP contribution in [0.3, 0.4) is 0 Å². The molecular formula is C10H12BrNO2S2. The number of amides is 1. The van der Waals surface area contributed by atoms with Crippen LogP contribution in [0.2, 0.25) is 0 Å². The first-order chi connectivity index (χ1) is 7.77. The summed E-state index contributed by atoms with van der Waals surface area (Å²) in [5.74, 6) is 3.46. The molecule has 2 heterocycles. The van der Waals surface area contributed by atoms with Crippen molar-refractivity contribution in [1.82, 2.24) is 5.32 Å². The van der Waals surface area contributed by atoms with Crippen molar-refractivity contribution >= 4 is 45.4 Å². The van der Waals surface area contributed by atoms with Crippen molar-refractivity contribution in [2.24, 2.45) is 0 Å². The summed E-state index contributed by atoms with van der Waals surface area (Å²) in [5, 5.41) is 3.47. The minimum absolute atomic E-state index is 0.0724. The third-order valence-corrected chi connectivity index (χ3v) is 5.70. The molecule has 0 spiro atoms. The minimum atomic E-state index is -0.0724. The van der Waals surface area contributed by atoms with Gasteiger partial charge in [-0.15, -0.1) is 0 Å². The zero-order chi connectivity index (χ0) is 11.4. The van der Waals surface area contributed by atoms with Crippen LogP contribution >= 0.6 is 39.5 Å². The van der Waals surface area contributed by atoms with Crippen molar-refractivity contribution in [3.63, 3.8) is 0 Å². The van der Waals surface area contributed by atoms with Crippen LogP contribution in [0.5, 0.6) is 0 Å². The van der Waals surface area contributed by atoms with Crippen molar-refractivity contribution in [3.8, 4) is 0 Å². The van der Waals surface area contributed by atoms with Gasteiger partial charge in [-0.1, -0.05) is 0 Å². The van der Waals surface area contributed by atoms with Gasteiger partial charge in [0.2, 0.25) is 0 Å². The molecule has 1 aromatic heterocycles. The Morgan fingerprint density at radius 1 is 1.62 bits per heavy atom. The summed E-state index contributed by atoms with van der Waals surface area (Å²) in [5.41, 5.74) is 0.563. The number of carbonyl (C=O) groups is 1. The van der Waals surface area contributed by atoms with Gasteiger partial charge in [-0.25, -0.2) is 0 Å². The molecule has 1 amide bonds. The number of furan rings is 1. The molecule has 0 bridgehead atoms. The molecule has 3 nitrogen and oxygen atoms in total. The average molecular weight is 322 g/mol. The van der Waals surface area contributed by atoms with Gasteiger partial charge in [0.15, 0.2) is 4.67 Å². The van der Waals surface area contributed by atoms with E-state index in [4.69, 9.17) is 4.42 Å². The van der Waals surface area contributed by atoms with E-state index in [1.165, 1.54) is 17.8 Å². The molecule has 1 fully saturated rings. The van der Waals surface area contributed by atoms with E-state index in [-0.39, 0.29) is 5.91 Å². The smallest absolute Gasteiger partial charge is 0.255 e. The van der Waals surface area contributed by atoms with Crippen molar-refractivity contribution in [2.45, 2.75) is 5.25 Å². The summed E-state index contributed by atoms with van der Waals surface area (Å²) in [7, 11) is 0. The summed E-state index contributed by atoms with van der Waals surface area (Å²) in [6.45, 7) is 0.730. The van der Waals surface area contributed by atoms with Crippen molar-refractivity contribution < 1.29 is 9.21 Å². The molecule has 0 saturated carbocycles. The van der Waals surface area contributed by atoms with Gasteiger partial charge in [-0.05, 0) is 22.0 Å². The van der Waals surface area contributed by atoms with Gasteiger partial charge in [0.05, 0.1) is 11.8 Å². The summed E-state index contributed by atoms with van der Waals surface area (Å²) in [6.07, 6.45) is 1.50. The summed E-state index contributed by atoms with van der Waals surface area (Å²) >= 11 is 7.09. The first kappa shape index (κ1) is 12.4. The quantitative estimate of drug-likeness (QED) is 0.929. The number of nitrogens with one attached hydrogen (secondary N) is 1. The predicted octanol–water partition coefficient (Wildman–Crippen LogP) is 2.62. The van der Waals surface area contributed by atoms with Crippen LogP contribution in [-0.4, -0.2) is 35.0 Å². The average Bonchev–Trinajstić information content (AvgIpc) is 2.74. The molecule has 1 saturated heterocycles. The Hall–Kier alpha value is -0.0700.